The van der Waals surface area contributed by atoms with Crippen LogP contribution in [0.2, 0.25) is 0 Å². The molecule has 0 radical (unpaired) electrons. The van der Waals surface area contributed by atoms with Gasteiger partial charge in [-0.2, -0.15) is 13.2 Å². The second-order valence-electron chi connectivity index (χ2n) is 3.48. The van der Waals surface area contributed by atoms with Gasteiger partial charge >= 0.3 is 12.1 Å². The van der Waals surface area contributed by atoms with E-state index >= 15 is 0 Å². The number of hydrogen-bond acceptors (Lipinski definition) is 2. The molecule has 1 N–H and O–H groups in total. The number of carbonyl (C=O) groups excluding carboxylic acids is 1. The van der Waals surface area contributed by atoms with Crippen LogP contribution < -0.4 is 5.32 Å². The Hall–Kier alpha value is -0.780. The second-order valence-corrected chi connectivity index (χ2v) is 3.48. The van der Waals surface area contributed by atoms with Crippen molar-refractivity contribution in [1.29, 1.82) is 0 Å². The molecule has 2 atom stereocenters. The Kier molecular flexibility index (Phi) is 3.04. The van der Waals surface area contributed by atoms with Gasteiger partial charge in [-0.25, -0.2) is 0 Å². The number of halogens is 3. The standard InChI is InChI=1S/C8H13F3N2O/c1-5-6(2)13(4-3-12-5)7(14)8(9,10)11/h5-6,12H,3-4H2,1-2H3. The molecule has 0 saturated carbocycles. The normalized spacial score (nSPS) is 29.1. The molecular weight excluding hydrogens is 197 g/mol. The summed E-state index contributed by atoms with van der Waals surface area (Å²) in [6.07, 6.45) is -4.76. The molecule has 1 heterocycles. The lowest BCUT2D eigenvalue weighted by Crippen LogP contribution is -2.59. The van der Waals surface area contributed by atoms with E-state index in [0.29, 0.717) is 6.54 Å². The first-order valence-corrected chi connectivity index (χ1v) is 4.45. The summed E-state index contributed by atoms with van der Waals surface area (Å²) in [5, 5.41) is 3.01. The quantitative estimate of drug-likeness (QED) is 0.640. The number of rotatable bonds is 0. The minimum absolute atomic E-state index is 0.102. The molecule has 1 aliphatic heterocycles. The summed E-state index contributed by atoms with van der Waals surface area (Å²) in [6.45, 7) is 3.90. The second kappa shape index (κ2) is 3.76. The summed E-state index contributed by atoms with van der Waals surface area (Å²) in [5.41, 5.74) is 0. The largest absolute Gasteiger partial charge is 0.471 e. The zero-order chi connectivity index (χ0) is 10.9. The molecule has 82 valence electrons. The van der Waals surface area contributed by atoms with E-state index in [2.05, 4.69) is 5.32 Å². The molecule has 14 heavy (non-hydrogen) atoms. The van der Waals surface area contributed by atoms with Crippen LogP contribution in [0.1, 0.15) is 13.8 Å². The van der Waals surface area contributed by atoms with Crippen molar-refractivity contribution in [1.82, 2.24) is 10.2 Å². The van der Waals surface area contributed by atoms with E-state index < -0.39 is 18.1 Å². The minimum atomic E-state index is -4.76. The van der Waals surface area contributed by atoms with Crippen LogP contribution in [-0.2, 0) is 4.79 Å². The lowest BCUT2D eigenvalue weighted by molar-refractivity contribution is -0.189. The van der Waals surface area contributed by atoms with Gasteiger partial charge in [0.1, 0.15) is 0 Å². The molecule has 2 unspecified atom stereocenters. The Bertz CT molecular complexity index is 229. The summed E-state index contributed by atoms with van der Waals surface area (Å²) >= 11 is 0. The maximum absolute atomic E-state index is 12.1. The molecule has 1 fully saturated rings. The van der Waals surface area contributed by atoms with Crippen LogP contribution in [0.4, 0.5) is 13.2 Å². The van der Waals surface area contributed by atoms with E-state index in [0.717, 1.165) is 4.90 Å². The first-order valence-electron chi connectivity index (χ1n) is 4.45. The summed E-state index contributed by atoms with van der Waals surface area (Å²) in [6, 6.07) is -0.520. The van der Waals surface area contributed by atoms with Gasteiger partial charge in [-0.1, -0.05) is 0 Å². The number of carbonyl (C=O) groups is 1. The van der Waals surface area contributed by atoms with Crippen molar-refractivity contribution >= 4 is 5.91 Å². The average molecular weight is 210 g/mol. The van der Waals surface area contributed by atoms with E-state index in [1.54, 1.807) is 13.8 Å². The first kappa shape index (κ1) is 11.3. The number of hydrogen-bond donors (Lipinski definition) is 1. The summed E-state index contributed by atoms with van der Waals surface area (Å²) < 4.78 is 36.4. The van der Waals surface area contributed by atoms with Crippen LogP contribution >= 0.6 is 0 Å². The van der Waals surface area contributed by atoms with Crippen molar-refractivity contribution in [3.05, 3.63) is 0 Å². The lowest BCUT2D eigenvalue weighted by atomic mass is 10.1. The Balaban J connectivity index is 2.72. The molecular formula is C8H13F3N2O. The molecule has 1 aliphatic rings. The molecule has 6 heteroatoms. The molecule has 0 bridgehead atoms. The maximum Gasteiger partial charge on any atom is 0.471 e. The molecule has 1 saturated heterocycles. The first-order chi connectivity index (χ1) is 6.34. The maximum atomic E-state index is 12.1. The molecule has 0 spiro atoms. The third-order valence-corrected chi connectivity index (χ3v) is 2.54. The van der Waals surface area contributed by atoms with Crippen LogP contribution in [0.25, 0.3) is 0 Å². The van der Waals surface area contributed by atoms with Crippen molar-refractivity contribution < 1.29 is 18.0 Å². The molecule has 0 aromatic rings. The third kappa shape index (κ3) is 2.17. The number of piperazine rings is 1. The summed E-state index contributed by atoms with van der Waals surface area (Å²) in [5.74, 6) is -1.74. The van der Waals surface area contributed by atoms with Crippen LogP contribution in [0.15, 0.2) is 0 Å². The van der Waals surface area contributed by atoms with Crippen molar-refractivity contribution in [3.8, 4) is 0 Å². The third-order valence-electron chi connectivity index (χ3n) is 2.54. The van der Waals surface area contributed by atoms with Crippen LogP contribution in [-0.4, -0.2) is 42.2 Å². The van der Waals surface area contributed by atoms with Gasteiger partial charge in [-0.05, 0) is 13.8 Å². The number of nitrogens with one attached hydrogen (secondary N) is 1. The van der Waals surface area contributed by atoms with Gasteiger partial charge in [0.05, 0.1) is 0 Å². The number of amides is 1. The predicted octanol–water partition coefficient (Wildman–Crippen LogP) is 0.758. The zero-order valence-electron chi connectivity index (χ0n) is 8.06. The van der Waals surface area contributed by atoms with Gasteiger partial charge in [0.25, 0.3) is 0 Å². The fraction of sp³-hybridized carbons (Fsp3) is 0.875. The predicted molar refractivity (Wildman–Crippen MR) is 44.7 cm³/mol. The smallest absolute Gasteiger partial charge is 0.329 e. The average Bonchev–Trinajstić information content (AvgIpc) is 2.07. The number of alkyl halides is 3. The highest BCUT2D eigenvalue weighted by Crippen LogP contribution is 2.21. The lowest BCUT2D eigenvalue weighted by Gasteiger charge is -2.38. The van der Waals surface area contributed by atoms with Crippen molar-refractivity contribution in [2.24, 2.45) is 0 Å². The fourth-order valence-electron chi connectivity index (χ4n) is 1.51. The van der Waals surface area contributed by atoms with Gasteiger partial charge in [-0.15, -0.1) is 0 Å². The molecule has 0 aromatic carbocycles. The van der Waals surface area contributed by atoms with E-state index in [9.17, 15) is 18.0 Å². The highest BCUT2D eigenvalue weighted by molar-refractivity contribution is 5.82. The Morgan fingerprint density at radius 3 is 2.50 bits per heavy atom. The zero-order valence-corrected chi connectivity index (χ0v) is 8.06. The van der Waals surface area contributed by atoms with Gasteiger partial charge < -0.3 is 10.2 Å². The highest BCUT2D eigenvalue weighted by Gasteiger charge is 2.45. The van der Waals surface area contributed by atoms with Gasteiger partial charge in [-0.3, -0.25) is 4.79 Å². The van der Waals surface area contributed by atoms with Crippen molar-refractivity contribution in [2.75, 3.05) is 13.1 Å². The minimum Gasteiger partial charge on any atom is -0.329 e. The van der Waals surface area contributed by atoms with Crippen LogP contribution in [0.5, 0.6) is 0 Å². The number of nitrogens with zero attached hydrogens (tertiary/aromatic N) is 1. The SMILES string of the molecule is CC1NCCN(C(=O)C(F)(F)F)C1C. The van der Waals surface area contributed by atoms with E-state index in [1.165, 1.54) is 0 Å². The van der Waals surface area contributed by atoms with E-state index in [-0.39, 0.29) is 12.6 Å². The molecule has 1 amide bonds. The summed E-state index contributed by atoms with van der Waals surface area (Å²) in [7, 11) is 0. The van der Waals surface area contributed by atoms with E-state index in [4.69, 9.17) is 0 Å². The van der Waals surface area contributed by atoms with Gasteiger partial charge in [0, 0.05) is 25.2 Å². The fourth-order valence-corrected chi connectivity index (χ4v) is 1.51. The Morgan fingerprint density at radius 2 is 2.00 bits per heavy atom. The van der Waals surface area contributed by atoms with Crippen LogP contribution in [0, 0.1) is 0 Å². The Morgan fingerprint density at radius 1 is 1.43 bits per heavy atom. The van der Waals surface area contributed by atoms with E-state index in [1.807, 2.05) is 0 Å². The highest BCUT2D eigenvalue weighted by atomic mass is 19.4. The summed E-state index contributed by atoms with van der Waals surface area (Å²) in [4.78, 5) is 11.8. The molecule has 3 nitrogen and oxygen atoms in total. The molecule has 0 aliphatic carbocycles. The van der Waals surface area contributed by atoms with Crippen molar-refractivity contribution in [2.45, 2.75) is 32.1 Å². The molecule has 0 aromatic heterocycles. The van der Waals surface area contributed by atoms with Crippen molar-refractivity contribution in [3.63, 3.8) is 0 Å². The monoisotopic (exact) mass is 210 g/mol. The molecule has 1 rings (SSSR count). The van der Waals surface area contributed by atoms with Crippen LogP contribution in [0.3, 0.4) is 0 Å². The van der Waals surface area contributed by atoms with Gasteiger partial charge in [0.15, 0.2) is 0 Å². The van der Waals surface area contributed by atoms with Gasteiger partial charge in [0.2, 0.25) is 0 Å². The Labute approximate surface area is 80.3 Å². The topological polar surface area (TPSA) is 32.3 Å².